The Kier molecular flexibility index (Phi) is 6.32. The van der Waals surface area contributed by atoms with E-state index in [1.165, 1.54) is 6.92 Å². The van der Waals surface area contributed by atoms with Crippen molar-refractivity contribution in [3.05, 3.63) is 0 Å². The number of rotatable bonds is 4. The maximum absolute atomic E-state index is 11.6. The molecule has 6 nitrogen and oxygen atoms in total. The predicted octanol–water partition coefficient (Wildman–Crippen LogP) is -0.765. The maximum Gasteiger partial charge on any atom is 0.318 e. The predicted molar refractivity (Wildman–Crippen MR) is 59.3 cm³/mol. The van der Waals surface area contributed by atoms with Crippen molar-refractivity contribution in [2.24, 2.45) is 5.73 Å². The molecular formula is C10H19N3O3. The van der Waals surface area contributed by atoms with Crippen molar-refractivity contribution < 1.29 is 14.4 Å². The number of carbonyl (C=O) groups excluding carboxylic acids is 3. The van der Waals surface area contributed by atoms with Crippen LogP contribution in [0.3, 0.4) is 0 Å². The van der Waals surface area contributed by atoms with Gasteiger partial charge >= 0.3 is 11.8 Å². The molecule has 0 radical (unpaired) electrons. The summed E-state index contributed by atoms with van der Waals surface area (Å²) in [6.45, 7) is 5.10. The molecular weight excluding hydrogens is 210 g/mol. The molecule has 0 saturated carbocycles. The van der Waals surface area contributed by atoms with E-state index in [1.807, 2.05) is 6.92 Å². The van der Waals surface area contributed by atoms with Crippen LogP contribution < -0.4 is 11.1 Å². The standard InChI is InChI=1S/C10H19N3O3/c1-4-7(2)12-9(15)10(16)13(6-5-11)8(3)14/h7H,4-6,11H2,1-3H3,(H,12,15). The number of amides is 3. The monoisotopic (exact) mass is 229 g/mol. The van der Waals surface area contributed by atoms with Crippen LogP contribution in [-0.4, -0.2) is 41.8 Å². The molecule has 1 unspecified atom stereocenters. The summed E-state index contributed by atoms with van der Waals surface area (Å²) in [5.74, 6) is -2.09. The Morgan fingerprint density at radius 1 is 1.38 bits per heavy atom. The molecule has 0 aliphatic rings. The highest BCUT2D eigenvalue weighted by Crippen LogP contribution is 1.93. The van der Waals surface area contributed by atoms with Gasteiger partial charge in [-0.25, -0.2) is 0 Å². The molecule has 1 atom stereocenters. The smallest absolute Gasteiger partial charge is 0.318 e. The van der Waals surface area contributed by atoms with Gasteiger partial charge in [0.05, 0.1) is 0 Å². The van der Waals surface area contributed by atoms with Crippen LogP contribution >= 0.6 is 0 Å². The lowest BCUT2D eigenvalue weighted by molar-refractivity contribution is -0.151. The molecule has 0 saturated heterocycles. The number of hydrogen-bond acceptors (Lipinski definition) is 4. The van der Waals surface area contributed by atoms with E-state index in [1.54, 1.807) is 6.92 Å². The second-order valence-corrected chi connectivity index (χ2v) is 3.55. The Hall–Kier alpha value is -1.43. The zero-order valence-corrected chi connectivity index (χ0v) is 9.95. The molecule has 0 aromatic heterocycles. The number of nitrogens with zero attached hydrogens (tertiary/aromatic N) is 1. The van der Waals surface area contributed by atoms with Gasteiger partial charge in [0.1, 0.15) is 0 Å². The average Bonchev–Trinajstić information content (AvgIpc) is 2.24. The highest BCUT2D eigenvalue weighted by atomic mass is 16.2. The summed E-state index contributed by atoms with van der Waals surface area (Å²) in [6.07, 6.45) is 0.718. The SMILES string of the molecule is CCC(C)NC(=O)C(=O)N(CCN)C(C)=O. The number of hydrogen-bond donors (Lipinski definition) is 2. The first-order valence-corrected chi connectivity index (χ1v) is 5.27. The molecule has 0 rings (SSSR count). The number of imide groups is 1. The molecule has 0 spiro atoms. The first-order chi connectivity index (χ1) is 7.43. The summed E-state index contributed by atoms with van der Waals surface area (Å²) in [7, 11) is 0. The molecule has 0 heterocycles. The van der Waals surface area contributed by atoms with Crippen LogP contribution in [0, 0.1) is 0 Å². The zero-order chi connectivity index (χ0) is 12.7. The Labute approximate surface area is 95.2 Å². The fourth-order valence-corrected chi connectivity index (χ4v) is 1.04. The third kappa shape index (κ3) is 4.39. The molecule has 0 aliphatic heterocycles. The van der Waals surface area contributed by atoms with E-state index in [0.717, 1.165) is 11.3 Å². The summed E-state index contributed by atoms with van der Waals surface area (Å²) in [6, 6.07) is -0.0943. The highest BCUT2D eigenvalue weighted by Gasteiger charge is 2.24. The Morgan fingerprint density at radius 3 is 2.31 bits per heavy atom. The van der Waals surface area contributed by atoms with E-state index in [-0.39, 0.29) is 19.1 Å². The molecule has 0 aromatic rings. The van der Waals surface area contributed by atoms with Gasteiger partial charge in [-0.1, -0.05) is 6.92 Å². The molecule has 92 valence electrons. The Morgan fingerprint density at radius 2 is 1.94 bits per heavy atom. The largest absolute Gasteiger partial charge is 0.345 e. The fourth-order valence-electron chi connectivity index (χ4n) is 1.04. The van der Waals surface area contributed by atoms with E-state index in [2.05, 4.69) is 5.32 Å². The lowest BCUT2D eigenvalue weighted by atomic mass is 10.2. The zero-order valence-electron chi connectivity index (χ0n) is 9.95. The van der Waals surface area contributed by atoms with Gasteiger partial charge in [0, 0.05) is 26.1 Å². The average molecular weight is 229 g/mol. The van der Waals surface area contributed by atoms with Crippen molar-refractivity contribution >= 4 is 17.7 Å². The Balaban J connectivity index is 4.49. The summed E-state index contributed by atoms with van der Waals surface area (Å²) >= 11 is 0. The van der Waals surface area contributed by atoms with E-state index in [4.69, 9.17) is 5.73 Å². The summed E-state index contributed by atoms with van der Waals surface area (Å²) in [5, 5.41) is 2.50. The third-order valence-corrected chi connectivity index (χ3v) is 2.16. The van der Waals surface area contributed by atoms with Crippen molar-refractivity contribution in [1.82, 2.24) is 10.2 Å². The summed E-state index contributed by atoms with van der Waals surface area (Å²) in [4.78, 5) is 35.0. The molecule has 0 aliphatic carbocycles. The Bertz CT molecular complexity index is 278. The van der Waals surface area contributed by atoms with E-state index < -0.39 is 17.7 Å². The topological polar surface area (TPSA) is 92.5 Å². The summed E-state index contributed by atoms with van der Waals surface area (Å²) in [5.41, 5.74) is 5.25. The van der Waals surface area contributed by atoms with Crippen molar-refractivity contribution in [1.29, 1.82) is 0 Å². The van der Waals surface area contributed by atoms with Crippen molar-refractivity contribution in [3.63, 3.8) is 0 Å². The normalized spacial score (nSPS) is 11.8. The van der Waals surface area contributed by atoms with Crippen LogP contribution in [-0.2, 0) is 14.4 Å². The quantitative estimate of drug-likeness (QED) is 0.619. The third-order valence-electron chi connectivity index (χ3n) is 2.16. The summed E-state index contributed by atoms with van der Waals surface area (Å²) < 4.78 is 0. The van der Waals surface area contributed by atoms with Gasteiger partial charge < -0.3 is 11.1 Å². The van der Waals surface area contributed by atoms with Crippen LogP contribution in [0.1, 0.15) is 27.2 Å². The number of nitrogens with one attached hydrogen (secondary N) is 1. The fraction of sp³-hybridized carbons (Fsp3) is 0.700. The van der Waals surface area contributed by atoms with Gasteiger partial charge in [-0.2, -0.15) is 0 Å². The van der Waals surface area contributed by atoms with E-state index in [9.17, 15) is 14.4 Å². The van der Waals surface area contributed by atoms with Crippen molar-refractivity contribution in [2.75, 3.05) is 13.1 Å². The highest BCUT2D eigenvalue weighted by molar-refractivity contribution is 6.37. The van der Waals surface area contributed by atoms with Crippen LogP contribution in [0.4, 0.5) is 0 Å². The lowest BCUT2D eigenvalue weighted by Crippen LogP contribution is -2.48. The van der Waals surface area contributed by atoms with Crippen LogP contribution in [0.15, 0.2) is 0 Å². The molecule has 16 heavy (non-hydrogen) atoms. The molecule has 0 aromatic carbocycles. The van der Waals surface area contributed by atoms with Gasteiger partial charge in [-0.05, 0) is 13.3 Å². The minimum absolute atomic E-state index is 0.0576. The second-order valence-electron chi connectivity index (χ2n) is 3.55. The van der Waals surface area contributed by atoms with Gasteiger partial charge in [-0.3, -0.25) is 19.3 Å². The molecule has 6 heteroatoms. The molecule has 0 fully saturated rings. The van der Waals surface area contributed by atoms with Gasteiger partial charge in [0.25, 0.3) is 0 Å². The van der Waals surface area contributed by atoms with Gasteiger partial charge in [-0.15, -0.1) is 0 Å². The van der Waals surface area contributed by atoms with E-state index in [0.29, 0.717) is 0 Å². The second kappa shape index (κ2) is 6.95. The van der Waals surface area contributed by atoms with E-state index >= 15 is 0 Å². The van der Waals surface area contributed by atoms with Crippen molar-refractivity contribution in [2.45, 2.75) is 33.2 Å². The van der Waals surface area contributed by atoms with Crippen LogP contribution in [0.25, 0.3) is 0 Å². The van der Waals surface area contributed by atoms with Gasteiger partial charge in [0.15, 0.2) is 0 Å². The van der Waals surface area contributed by atoms with Crippen LogP contribution in [0.5, 0.6) is 0 Å². The number of nitrogens with two attached hydrogens (primary N) is 1. The minimum Gasteiger partial charge on any atom is -0.345 e. The van der Waals surface area contributed by atoms with Crippen LogP contribution in [0.2, 0.25) is 0 Å². The molecule has 3 N–H and O–H groups in total. The molecule has 3 amide bonds. The molecule has 0 bridgehead atoms. The maximum atomic E-state index is 11.6. The first-order valence-electron chi connectivity index (χ1n) is 5.27. The van der Waals surface area contributed by atoms with Crippen molar-refractivity contribution in [3.8, 4) is 0 Å². The number of carbonyl (C=O) groups is 3. The lowest BCUT2D eigenvalue weighted by Gasteiger charge is -2.18. The minimum atomic E-state index is -0.849. The first kappa shape index (κ1) is 14.6. The van der Waals surface area contributed by atoms with Gasteiger partial charge in [0.2, 0.25) is 5.91 Å².